The van der Waals surface area contributed by atoms with Crippen LogP contribution < -0.4 is 13.8 Å². The fraction of sp³-hybridized carbons (Fsp3) is 0.111. The van der Waals surface area contributed by atoms with E-state index in [-0.39, 0.29) is 4.90 Å². The van der Waals surface area contributed by atoms with Crippen LogP contribution in [-0.2, 0) is 15.6 Å². The van der Waals surface area contributed by atoms with Gasteiger partial charge in [-0.15, -0.1) is 0 Å². The van der Waals surface area contributed by atoms with Crippen LogP contribution in [0.15, 0.2) is 132 Å². The number of ether oxygens (including phenoxy) is 2. The first-order valence-corrected chi connectivity index (χ1v) is 15.6. The number of hydrogen-bond acceptors (Lipinski definition) is 4. The quantitative estimate of drug-likeness (QED) is 0.187. The minimum Gasteiger partial charge on any atom is -0.493 e. The molecule has 6 rings (SSSR count). The van der Waals surface area contributed by atoms with E-state index in [0.29, 0.717) is 27.8 Å². The van der Waals surface area contributed by atoms with Crippen LogP contribution in [0.1, 0.15) is 27.8 Å². The number of halogens is 1. The molecule has 0 saturated carbocycles. The third-order valence-electron chi connectivity index (χ3n) is 7.81. The zero-order valence-electron chi connectivity index (χ0n) is 24.0. The van der Waals surface area contributed by atoms with Crippen LogP contribution in [0.5, 0.6) is 11.5 Å². The van der Waals surface area contributed by atoms with E-state index in [4.69, 9.17) is 21.1 Å². The van der Waals surface area contributed by atoms with Gasteiger partial charge in [0.1, 0.15) is 5.54 Å². The molecule has 0 aromatic heterocycles. The van der Waals surface area contributed by atoms with E-state index in [1.165, 1.54) is 4.31 Å². The lowest BCUT2D eigenvalue weighted by molar-refractivity contribution is 0.355. The molecule has 1 aliphatic rings. The minimum atomic E-state index is -4.19. The summed E-state index contributed by atoms with van der Waals surface area (Å²) in [6.45, 7) is 1.93. The van der Waals surface area contributed by atoms with Crippen molar-refractivity contribution in [2.45, 2.75) is 17.4 Å². The Hall–Kier alpha value is -4.52. The Morgan fingerprint density at radius 3 is 1.84 bits per heavy atom. The van der Waals surface area contributed by atoms with Crippen LogP contribution >= 0.6 is 11.6 Å². The van der Waals surface area contributed by atoms with E-state index < -0.39 is 15.6 Å². The Morgan fingerprint density at radius 1 is 0.698 bits per heavy atom. The van der Waals surface area contributed by atoms with Gasteiger partial charge in [-0.1, -0.05) is 102 Å². The van der Waals surface area contributed by atoms with Gasteiger partial charge in [-0.2, -0.15) is 0 Å². The standard InChI is InChI=1S/C36H30ClNO4S/c1-25-17-19-30(20-18-25)43(39,40)38-33-23-35(42-3)34(41-2)22-31(33)32(26-11-10-16-29(37)21-26)24-36(38,27-12-6-4-7-13-27)28-14-8-5-9-15-28/h4-24H,1-3H3. The summed E-state index contributed by atoms with van der Waals surface area (Å²) < 4.78 is 43.1. The first-order chi connectivity index (χ1) is 20.8. The van der Waals surface area contributed by atoms with Crippen molar-refractivity contribution in [2.75, 3.05) is 18.5 Å². The molecule has 7 heteroatoms. The summed E-state index contributed by atoms with van der Waals surface area (Å²) in [7, 11) is -1.08. The second-order valence-electron chi connectivity index (χ2n) is 10.4. The molecule has 0 N–H and O–H groups in total. The van der Waals surface area contributed by atoms with Crippen molar-refractivity contribution in [1.82, 2.24) is 0 Å². The van der Waals surface area contributed by atoms with E-state index in [1.807, 2.05) is 116 Å². The van der Waals surface area contributed by atoms with Crippen molar-refractivity contribution in [3.05, 3.63) is 160 Å². The molecule has 5 nitrogen and oxygen atoms in total. The maximum absolute atomic E-state index is 15.1. The van der Waals surface area contributed by atoms with E-state index >= 15 is 8.42 Å². The van der Waals surface area contributed by atoms with Gasteiger partial charge in [-0.25, -0.2) is 12.7 Å². The fourth-order valence-corrected chi connectivity index (χ4v) is 7.70. The van der Waals surface area contributed by atoms with Crippen molar-refractivity contribution < 1.29 is 17.9 Å². The van der Waals surface area contributed by atoms with E-state index in [9.17, 15) is 0 Å². The molecule has 216 valence electrons. The second-order valence-corrected chi connectivity index (χ2v) is 12.6. The van der Waals surface area contributed by atoms with Crippen LogP contribution in [0.2, 0.25) is 5.02 Å². The van der Waals surface area contributed by atoms with Gasteiger partial charge in [0, 0.05) is 16.7 Å². The highest BCUT2D eigenvalue weighted by Gasteiger charge is 2.50. The summed E-state index contributed by atoms with van der Waals surface area (Å²) in [5.74, 6) is 0.890. The minimum absolute atomic E-state index is 0.176. The predicted octanol–water partition coefficient (Wildman–Crippen LogP) is 8.25. The van der Waals surface area contributed by atoms with Gasteiger partial charge >= 0.3 is 0 Å². The largest absolute Gasteiger partial charge is 0.493 e. The molecule has 5 aromatic rings. The number of rotatable bonds is 7. The lowest BCUT2D eigenvalue weighted by Crippen LogP contribution is -2.51. The zero-order chi connectivity index (χ0) is 30.2. The Balaban J connectivity index is 1.82. The van der Waals surface area contributed by atoms with Crippen LogP contribution in [0.3, 0.4) is 0 Å². The van der Waals surface area contributed by atoms with Gasteiger partial charge in [-0.05, 0) is 65.6 Å². The van der Waals surface area contributed by atoms with Crippen molar-refractivity contribution >= 4 is 32.9 Å². The number of methoxy groups -OCH3 is 2. The molecule has 0 atom stereocenters. The first kappa shape index (κ1) is 28.6. The number of sulfonamides is 1. The Bertz CT molecular complexity index is 1880. The number of nitrogens with zero attached hydrogens (tertiary/aromatic N) is 1. The van der Waals surface area contributed by atoms with Gasteiger partial charge < -0.3 is 9.47 Å². The number of anilines is 1. The maximum Gasteiger partial charge on any atom is 0.265 e. The summed E-state index contributed by atoms with van der Waals surface area (Å²) in [6, 6.07) is 37.5. The lowest BCUT2D eigenvalue weighted by Gasteiger charge is -2.47. The predicted molar refractivity (Wildman–Crippen MR) is 173 cm³/mol. The molecule has 0 radical (unpaired) electrons. The monoisotopic (exact) mass is 607 g/mol. The van der Waals surface area contributed by atoms with Crippen molar-refractivity contribution in [1.29, 1.82) is 0 Å². The summed E-state index contributed by atoms with van der Waals surface area (Å²) in [5, 5.41) is 0.570. The van der Waals surface area contributed by atoms with Gasteiger partial charge in [0.05, 0.1) is 24.8 Å². The van der Waals surface area contributed by atoms with Crippen molar-refractivity contribution in [3.8, 4) is 11.5 Å². The molecule has 1 aliphatic heterocycles. The average molecular weight is 608 g/mol. The number of benzene rings is 5. The van der Waals surface area contributed by atoms with Crippen LogP contribution in [0.4, 0.5) is 5.69 Å². The van der Waals surface area contributed by atoms with E-state index in [1.54, 1.807) is 32.4 Å². The Morgan fingerprint density at radius 2 is 1.28 bits per heavy atom. The topological polar surface area (TPSA) is 55.8 Å². The molecule has 0 aliphatic carbocycles. The Kier molecular flexibility index (Phi) is 7.50. The van der Waals surface area contributed by atoms with Crippen molar-refractivity contribution in [3.63, 3.8) is 0 Å². The molecule has 0 bridgehead atoms. The van der Waals surface area contributed by atoms with E-state index in [0.717, 1.165) is 27.8 Å². The first-order valence-electron chi connectivity index (χ1n) is 13.8. The van der Waals surface area contributed by atoms with Crippen LogP contribution in [0, 0.1) is 6.92 Å². The highest BCUT2D eigenvalue weighted by molar-refractivity contribution is 7.93. The van der Waals surface area contributed by atoms with Gasteiger partial charge in [0.15, 0.2) is 11.5 Å². The number of hydrogen-bond donors (Lipinski definition) is 0. The highest BCUT2D eigenvalue weighted by Crippen LogP contribution is 2.54. The molecule has 0 fully saturated rings. The fourth-order valence-electron chi connectivity index (χ4n) is 5.77. The molecular weight excluding hydrogens is 578 g/mol. The van der Waals surface area contributed by atoms with Crippen molar-refractivity contribution in [2.24, 2.45) is 0 Å². The normalized spacial score (nSPS) is 14.0. The number of aryl methyl sites for hydroxylation is 1. The van der Waals surface area contributed by atoms with Crippen LogP contribution in [-0.4, -0.2) is 22.6 Å². The molecule has 0 amide bonds. The summed E-state index contributed by atoms with van der Waals surface area (Å²) in [4.78, 5) is 0.176. The summed E-state index contributed by atoms with van der Waals surface area (Å²) in [6.07, 6.45) is 2.03. The second kappa shape index (κ2) is 11.3. The van der Waals surface area contributed by atoms with Gasteiger partial charge in [0.25, 0.3) is 10.0 Å². The SMILES string of the molecule is COc1cc2c(cc1OC)N(S(=O)(=O)c1ccc(C)cc1)C(c1ccccc1)(c1ccccc1)C=C2c1cccc(Cl)c1. The maximum atomic E-state index is 15.1. The molecule has 0 spiro atoms. The summed E-state index contributed by atoms with van der Waals surface area (Å²) >= 11 is 6.52. The molecule has 1 heterocycles. The smallest absolute Gasteiger partial charge is 0.265 e. The molecular formula is C36H30ClNO4S. The number of fused-ring (bicyclic) bond motifs is 1. The molecule has 0 unspecified atom stereocenters. The molecule has 5 aromatic carbocycles. The van der Waals surface area contributed by atoms with E-state index in [2.05, 4.69) is 0 Å². The third kappa shape index (κ3) is 4.86. The van der Waals surface area contributed by atoms with Gasteiger partial charge in [0.2, 0.25) is 0 Å². The lowest BCUT2D eigenvalue weighted by atomic mass is 9.76. The third-order valence-corrected chi connectivity index (χ3v) is 9.88. The molecule has 0 saturated heterocycles. The summed E-state index contributed by atoms with van der Waals surface area (Å²) in [5.41, 5.74) is 3.97. The highest BCUT2D eigenvalue weighted by atomic mass is 35.5. The zero-order valence-corrected chi connectivity index (χ0v) is 25.6. The van der Waals surface area contributed by atoms with Crippen LogP contribution in [0.25, 0.3) is 5.57 Å². The van der Waals surface area contributed by atoms with Gasteiger partial charge in [-0.3, -0.25) is 0 Å². The molecule has 43 heavy (non-hydrogen) atoms. The Labute approximate surface area is 257 Å². The average Bonchev–Trinajstić information content (AvgIpc) is 3.04.